The fraction of sp³-hybridized carbons (Fsp3) is 0.222. The van der Waals surface area contributed by atoms with Crippen molar-refractivity contribution in [2.24, 2.45) is 7.05 Å². The molecule has 2 N–H and O–H groups in total. The second-order valence-corrected chi connectivity index (χ2v) is 10.6. The van der Waals surface area contributed by atoms with Crippen LogP contribution >= 0.6 is 0 Å². The minimum atomic E-state index is -3.73. The molecule has 0 unspecified atom stereocenters. The van der Waals surface area contributed by atoms with Gasteiger partial charge in [0.05, 0.1) is 22.5 Å². The van der Waals surface area contributed by atoms with Crippen LogP contribution in [0.5, 0.6) is 0 Å². The Morgan fingerprint density at radius 2 is 1.92 bits per heavy atom. The number of sulfone groups is 1. The van der Waals surface area contributed by atoms with Gasteiger partial charge in [0.15, 0.2) is 9.84 Å². The fourth-order valence-corrected chi connectivity index (χ4v) is 5.09. The number of rotatable bonds is 9. The van der Waals surface area contributed by atoms with Crippen molar-refractivity contribution in [2.75, 3.05) is 12.3 Å². The van der Waals surface area contributed by atoms with Gasteiger partial charge in [0, 0.05) is 49.1 Å². The van der Waals surface area contributed by atoms with Crippen LogP contribution in [0.2, 0.25) is 0 Å². The van der Waals surface area contributed by atoms with Gasteiger partial charge in [0.1, 0.15) is 5.82 Å². The van der Waals surface area contributed by atoms with Crippen molar-refractivity contribution in [3.63, 3.8) is 0 Å². The van der Waals surface area contributed by atoms with Crippen LogP contribution in [-0.2, 0) is 29.7 Å². The van der Waals surface area contributed by atoms with Gasteiger partial charge in [0.25, 0.3) is 5.91 Å². The van der Waals surface area contributed by atoms with Crippen LogP contribution in [0, 0.1) is 17.7 Å². The van der Waals surface area contributed by atoms with Crippen LogP contribution in [0.1, 0.15) is 39.2 Å². The number of halogens is 1. The van der Waals surface area contributed by atoms with E-state index in [2.05, 4.69) is 32.5 Å². The summed E-state index contributed by atoms with van der Waals surface area (Å²) in [6.45, 7) is 0.449. The molecule has 0 aliphatic heterocycles. The molecule has 37 heavy (non-hydrogen) atoms. The normalized spacial score (nSPS) is 11.1. The third kappa shape index (κ3) is 7.15. The zero-order chi connectivity index (χ0) is 26.3. The van der Waals surface area contributed by atoms with Gasteiger partial charge in [-0.2, -0.15) is 10.2 Å². The van der Waals surface area contributed by atoms with Gasteiger partial charge in [-0.25, -0.2) is 12.8 Å². The Balaban J connectivity index is 1.55. The number of carbonyl (C=O) groups excluding carboxylic acids is 1. The van der Waals surface area contributed by atoms with Crippen molar-refractivity contribution in [1.29, 1.82) is 0 Å². The van der Waals surface area contributed by atoms with E-state index in [1.807, 2.05) is 0 Å². The average Bonchev–Trinajstić information content (AvgIpc) is 3.56. The number of amides is 1. The Labute approximate surface area is 214 Å². The van der Waals surface area contributed by atoms with Crippen molar-refractivity contribution in [2.45, 2.75) is 24.2 Å². The summed E-state index contributed by atoms with van der Waals surface area (Å²) < 4.78 is 41.3. The molecule has 1 amide bonds. The minimum absolute atomic E-state index is 0.0366. The number of aromatic amines is 1. The molecule has 0 aliphatic rings. The molecule has 2 aromatic carbocycles. The Hall–Kier alpha value is -4.23. The first-order valence-corrected chi connectivity index (χ1v) is 13.3. The molecule has 0 bridgehead atoms. The molecule has 2 aromatic heterocycles. The largest absolute Gasteiger partial charge is 0.352 e. The SMILES string of the molecule is Cn1ccc(CCS(=O)(=O)c2ccc(C(=O)NCCCc3cn[nH]c3)cc2C#Cc2ccc(F)cc2)n1. The predicted octanol–water partition coefficient (Wildman–Crippen LogP) is 3.06. The van der Waals surface area contributed by atoms with Gasteiger partial charge in [-0.05, 0) is 66.9 Å². The predicted molar refractivity (Wildman–Crippen MR) is 137 cm³/mol. The topological polar surface area (TPSA) is 110 Å². The molecule has 0 fully saturated rings. The zero-order valence-corrected chi connectivity index (χ0v) is 21.1. The molecular formula is C27H26FN5O3S. The van der Waals surface area contributed by atoms with E-state index in [-0.39, 0.29) is 28.5 Å². The highest BCUT2D eigenvalue weighted by Gasteiger charge is 2.20. The molecule has 2 heterocycles. The molecule has 0 aliphatic carbocycles. The third-order valence-electron chi connectivity index (χ3n) is 5.64. The van der Waals surface area contributed by atoms with Gasteiger partial charge in [0.2, 0.25) is 0 Å². The molecule has 0 atom stereocenters. The number of hydrogen-bond acceptors (Lipinski definition) is 5. The van der Waals surface area contributed by atoms with Crippen molar-refractivity contribution in [3.8, 4) is 11.8 Å². The van der Waals surface area contributed by atoms with Crippen LogP contribution in [0.3, 0.4) is 0 Å². The molecule has 0 saturated carbocycles. The molecular weight excluding hydrogens is 493 g/mol. The summed E-state index contributed by atoms with van der Waals surface area (Å²) in [7, 11) is -1.97. The fourth-order valence-electron chi connectivity index (χ4n) is 3.67. The van der Waals surface area contributed by atoms with E-state index in [0.29, 0.717) is 23.4 Å². The lowest BCUT2D eigenvalue weighted by atomic mass is 10.1. The molecule has 0 spiro atoms. The van der Waals surface area contributed by atoms with Gasteiger partial charge in [-0.3, -0.25) is 14.6 Å². The van der Waals surface area contributed by atoms with E-state index in [4.69, 9.17) is 0 Å². The lowest BCUT2D eigenvalue weighted by Gasteiger charge is -2.10. The molecule has 190 valence electrons. The quantitative estimate of drug-likeness (QED) is 0.261. The highest BCUT2D eigenvalue weighted by molar-refractivity contribution is 7.91. The van der Waals surface area contributed by atoms with Crippen molar-refractivity contribution < 1.29 is 17.6 Å². The second-order valence-electron chi connectivity index (χ2n) is 8.48. The van der Waals surface area contributed by atoms with E-state index in [1.165, 1.54) is 42.5 Å². The first-order chi connectivity index (χ1) is 17.8. The number of H-pyrrole nitrogens is 1. The number of carbonyl (C=O) groups is 1. The Bertz CT molecular complexity index is 1530. The zero-order valence-electron chi connectivity index (χ0n) is 20.2. The highest BCUT2D eigenvalue weighted by atomic mass is 32.2. The minimum Gasteiger partial charge on any atom is -0.352 e. The Morgan fingerprint density at radius 1 is 1.11 bits per heavy atom. The number of benzene rings is 2. The number of hydrogen-bond donors (Lipinski definition) is 2. The standard InChI is InChI=1S/C27H26FN5O3S/c1-33-15-12-25(32-33)13-16-37(35,36)26-11-8-23(27(34)29-14-2-3-21-18-30-31-19-21)17-22(26)7-4-20-5-9-24(28)10-6-20/h5-6,8-12,15,17-19H,2-3,13-14,16H2,1H3,(H,29,34)(H,30,31). The Kier molecular flexibility index (Phi) is 8.15. The lowest BCUT2D eigenvalue weighted by molar-refractivity contribution is 0.0953. The first-order valence-electron chi connectivity index (χ1n) is 11.7. The van der Waals surface area contributed by atoms with Crippen molar-refractivity contribution in [3.05, 3.63) is 101 Å². The summed E-state index contributed by atoms with van der Waals surface area (Å²) >= 11 is 0. The van der Waals surface area contributed by atoms with E-state index < -0.39 is 15.7 Å². The Morgan fingerprint density at radius 3 is 2.62 bits per heavy atom. The molecule has 8 nitrogen and oxygen atoms in total. The van der Waals surface area contributed by atoms with Crippen molar-refractivity contribution in [1.82, 2.24) is 25.3 Å². The lowest BCUT2D eigenvalue weighted by Crippen LogP contribution is -2.25. The van der Waals surface area contributed by atoms with Gasteiger partial charge < -0.3 is 5.32 Å². The maximum absolute atomic E-state index is 13.3. The molecule has 0 saturated heterocycles. The summed E-state index contributed by atoms with van der Waals surface area (Å²) in [6, 6.07) is 11.7. The number of nitrogens with one attached hydrogen (secondary N) is 2. The number of nitrogens with zero attached hydrogens (tertiary/aromatic N) is 3. The van der Waals surface area contributed by atoms with E-state index in [1.54, 1.807) is 36.4 Å². The smallest absolute Gasteiger partial charge is 0.251 e. The average molecular weight is 520 g/mol. The molecule has 0 radical (unpaired) electrons. The maximum atomic E-state index is 13.3. The van der Waals surface area contributed by atoms with Gasteiger partial charge >= 0.3 is 0 Å². The number of aromatic nitrogens is 4. The summed E-state index contributed by atoms with van der Waals surface area (Å²) in [5.74, 6) is 4.87. The summed E-state index contributed by atoms with van der Waals surface area (Å²) in [5, 5.41) is 13.7. The second kappa shape index (κ2) is 11.7. The van der Waals surface area contributed by atoms with Crippen LogP contribution in [-0.4, -0.2) is 46.6 Å². The first kappa shape index (κ1) is 25.9. The van der Waals surface area contributed by atoms with Crippen LogP contribution in [0.15, 0.2) is 72.0 Å². The summed E-state index contributed by atoms with van der Waals surface area (Å²) in [4.78, 5) is 12.8. The molecule has 4 rings (SSSR count). The van der Waals surface area contributed by atoms with E-state index >= 15 is 0 Å². The van der Waals surface area contributed by atoms with Gasteiger partial charge in [-0.1, -0.05) is 11.8 Å². The van der Waals surface area contributed by atoms with Crippen LogP contribution in [0.4, 0.5) is 4.39 Å². The highest BCUT2D eigenvalue weighted by Crippen LogP contribution is 2.20. The maximum Gasteiger partial charge on any atom is 0.251 e. The molecule has 4 aromatic rings. The molecule has 10 heteroatoms. The van der Waals surface area contributed by atoms with Gasteiger partial charge in [-0.15, -0.1) is 0 Å². The number of aryl methyl sites for hydroxylation is 3. The van der Waals surface area contributed by atoms with Crippen LogP contribution in [0.25, 0.3) is 0 Å². The third-order valence-corrected chi connectivity index (χ3v) is 7.41. The summed E-state index contributed by atoms with van der Waals surface area (Å²) in [5.41, 5.74) is 2.74. The summed E-state index contributed by atoms with van der Waals surface area (Å²) in [6.07, 6.45) is 7.03. The van der Waals surface area contributed by atoms with E-state index in [9.17, 15) is 17.6 Å². The van der Waals surface area contributed by atoms with Crippen molar-refractivity contribution >= 4 is 15.7 Å². The van der Waals surface area contributed by atoms with E-state index in [0.717, 1.165) is 18.4 Å². The monoisotopic (exact) mass is 519 g/mol. The van der Waals surface area contributed by atoms with Crippen LogP contribution < -0.4 is 5.32 Å².